The summed E-state index contributed by atoms with van der Waals surface area (Å²) in [4.78, 5) is 4.35. The van der Waals surface area contributed by atoms with Gasteiger partial charge in [-0.15, -0.1) is 11.3 Å². The summed E-state index contributed by atoms with van der Waals surface area (Å²) in [6.45, 7) is 4.09. The maximum atomic E-state index is 4.35. The van der Waals surface area contributed by atoms with Crippen LogP contribution >= 0.6 is 11.3 Å². The van der Waals surface area contributed by atoms with Crippen molar-refractivity contribution >= 4 is 22.2 Å². The van der Waals surface area contributed by atoms with Crippen molar-refractivity contribution in [2.45, 2.75) is 13.8 Å². The number of hydrogen-bond acceptors (Lipinski definition) is 3. The van der Waals surface area contributed by atoms with E-state index >= 15 is 0 Å². The van der Waals surface area contributed by atoms with E-state index in [1.165, 1.54) is 5.56 Å². The molecule has 14 heavy (non-hydrogen) atoms. The summed E-state index contributed by atoms with van der Waals surface area (Å²) >= 11 is 1.63. The highest BCUT2D eigenvalue weighted by atomic mass is 32.1. The second-order valence-corrected chi connectivity index (χ2v) is 4.09. The second-order valence-electron chi connectivity index (χ2n) is 3.23. The average molecular weight is 204 g/mol. The number of aromatic nitrogens is 1. The Morgan fingerprint density at radius 2 is 2.00 bits per heavy atom. The van der Waals surface area contributed by atoms with E-state index in [-0.39, 0.29) is 0 Å². The van der Waals surface area contributed by atoms with Gasteiger partial charge in [0.25, 0.3) is 0 Å². The van der Waals surface area contributed by atoms with Crippen LogP contribution in [0.1, 0.15) is 11.3 Å². The van der Waals surface area contributed by atoms with Gasteiger partial charge in [-0.25, -0.2) is 4.98 Å². The number of nitrogens with zero attached hydrogens (tertiary/aromatic N) is 1. The van der Waals surface area contributed by atoms with Gasteiger partial charge in [-0.1, -0.05) is 18.2 Å². The minimum Gasteiger partial charge on any atom is -0.331 e. The van der Waals surface area contributed by atoms with E-state index < -0.39 is 0 Å². The first-order chi connectivity index (χ1) is 6.75. The number of anilines is 2. The molecule has 3 heteroatoms. The average Bonchev–Trinajstić information content (AvgIpc) is 2.56. The van der Waals surface area contributed by atoms with Gasteiger partial charge in [-0.3, -0.25) is 0 Å². The molecule has 0 unspecified atom stereocenters. The van der Waals surface area contributed by atoms with Gasteiger partial charge in [0.05, 0.1) is 5.69 Å². The molecule has 0 amide bonds. The highest BCUT2D eigenvalue weighted by Crippen LogP contribution is 2.22. The third kappa shape index (κ3) is 1.93. The summed E-state index contributed by atoms with van der Waals surface area (Å²) in [5.74, 6) is 0. The predicted octanol–water partition coefficient (Wildman–Crippen LogP) is 3.50. The predicted molar refractivity (Wildman–Crippen MR) is 61.3 cm³/mol. The number of aryl methyl sites for hydroxylation is 2. The number of rotatable bonds is 2. The quantitative estimate of drug-likeness (QED) is 0.809. The van der Waals surface area contributed by atoms with Crippen LogP contribution in [-0.2, 0) is 0 Å². The Kier molecular flexibility index (Phi) is 2.50. The molecule has 0 aliphatic rings. The summed E-state index contributed by atoms with van der Waals surface area (Å²) in [7, 11) is 0. The van der Waals surface area contributed by atoms with Crippen molar-refractivity contribution in [1.29, 1.82) is 0 Å². The molecule has 0 bridgehead atoms. The fraction of sp³-hybridized carbons (Fsp3) is 0.182. The zero-order valence-corrected chi connectivity index (χ0v) is 9.06. The molecule has 0 aliphatic heterocycles. The maximum Gasteiger partial charge on any atom is 0.187 e. The highest BCUT2D eigenvalue weighted by Gasteiger charge is 2.00. The first-order valence-electron chi connectivity index (χ1n) is 4.50. The van der Waals surface area contributed by atoms with Crippen LogP contribution in [0, 0.1) is 13.8 Å². The second kappa shape index (κ2) is 3.80. The van der Waals surface area contributed by atoms with Gasteiger partial charge < -0.3 is 5.32 Å². The zero-order valence-electron chi connectivity index (χ0n) is 8.24. The van der Waals surface area contributed by atoms with E-state index in [0.717, 1.165) is 16.5 Å². The van der Waals surface area contributed by atoms with E-state index in [0.29, 0.717) is 0 Å². The Balaban J connectivity index is 2.23. The summed E-state index contributed by atoms with van der Waals surface area (Å²) in [5.41, 5.74) is 3.42. The van der Waals surface area contributed by atoms with Gasteiger partial charge in [0.1, 0.15) is 0 Å². The fourth-order valence-corrected chi connectivity index (χ4v) is 1.94. The number of nitrogens with one attached hydrogen (secondary N) is 1. The highest BCUT2D eigenvalue weighted by molar-refractivity contribution is 7.13. The van der Waals surface area contributed by atoms with Gasteiger partial charge in [0, 0.05) is 11.1 Å². The molecule has 0 saturated heterocycles. The monoisotopic (exact) mass is 204 g/mol. The summed E-state index contributed by atoms with van der Waals surface area (Å²) < 4.78 is 0. The Morgan fingerprint density at radius 3 is 2.64 bits per heavy atom. The summed E-state index contributed by atoms with van der Waals surface area (Å²) in [6, 6.07) is 8.21. The molecule has 1 N–H and O–H groups in total. The molecule has 1 heterocycles. The molecule has 0 fully saturated rings. The van der Waals surface area contributed by atoms with Gasteiger partial charge in [-0.05, 0) is 25.5 Å². The summed E-state index contributed by atoms with van der Waals surface area (Å²) in [5, 5.41) is 6.30. The maximum absolute atomic E-state index is 4.35. The largest absolute Gasteiger partial charge is 0.331 e. The van der Waals surface area contributed by atoms with Crippen LogP contribution < -0.4 is 5.32 Å². The molecule has 1 aromatic heterocycles. The lowest BCUT2D eigenvalue weighted by atomic mass is 10.2. The number of para-hydroxylation sites is 1. The lowest BCUT2D eigenvalue weighted by molar-refractivity contribution is 1.26. The van der Waals surface area contributed by atoms with Crippen molar-refractivity contribution < 1.29 is 0 Å². The van der Waals surface area contributed by atoms with Gasteiger partial charge in [-0.2, -0.15) is 0 Å². The molecule has 0 aliphatic carbocycles. The zero-order chi connectivity index (χ0) is 9.97. The Morgan fingerprint density at radius 1 is 1.21 bits per heavy atom. The van der Waals surface area contributed by atoms with Crippen LogP contribution in [0.5, 0.6) is 0 Å². The Bertz CT molecular complexity index is 434. The molecular formula is C11H12N2S. The third-order valence-corrected chi connectivity index (χ3v) is 2.88. The molecule has 0 atom stereocenters. The first-order valence-corrected chi connectivity index (χ1v) is 5.38. The van der Waals surface area contributed by atoms with Crippen LogP contribution in [0.25, 0.3) is 0 Å². The molecule has 0 spiro atoms. The lowest BCUT2D eigenvalue weighted by Crippen LogP contribution is -1.91. The van der Waals surface area contributed by atoms with Crippen molar-refractivity contribution in [3.63, 3.8) is 0 Å². The SMILES string of the molecule is Cc1csc(Nc2ccccc2C)n1. The molecule has 1 aromatic carbocycles. The van der Waals surface area contributed by atoms with Crippen LogP contribution in [0.4, 0.5) is 10.8 Å². The smallest absolute Gasteiger partial charge is 0.187 e. The Hall–Kier alpha value is -1.35. The van der Waals surface area contributed by atoms with E-state index in [1.807, 2.05) is 24.4 Å². The molecule has 2 rings (SSSR count). The minimum absolute atomic E-state index is 0.955. The number of thiazole rings is 1. The topological polar surface area (TPSA) is 24.9 Å². The van der Waals surface area contributed by atoms with E-state index in [4.69, 9.17) is 0 Å². The van der Waals surface area contributed by atoms with Gasteiger partial charge in [0.15, 0.2) is 5.13 Å². The van der Waals surface area contributed by atoms with E-state index in [2.05, 4.69) is 29.4 Å². The van der Waals surface area contributed by atoms with Gasteiger partial charge in [0.2, 0.25) is 0 Å². The normalized spacial score (nSPS) is 10.1. The molecule has 2 nitrogen and oxygen atoms in total. The van der Waals surface area contributed by atoms with Crippen LogP contribution in [0.15, 0.2) is 29.6 Å². The van der Waals surface area contributed by atoms with E-state index in [1.54, 1.807) is 11.3 Å². The van der Waals surface area contributed by atoms with Crippen molar-refractivity contribution in [3.05, 3.63) is 40.9 Å². The fourth-order valence-electron chi connectivity index (χ4n) is 1.24. The Labute approximate surface area is 87.6 Å². The molecule has 0 radical (unpaired) electrons. The van der Waals surface area contributed by atoms with Crippen molar-refractivity contribution in [1.82, 2.24) is 4.98 Å². The molecule has 0 saturated carbocycles. The lowest BCUT2D eigenvalue weighted by Gasteiger charge is -2.05. The van der Waals surface area contributed by atoms with Crippen molar-refractivity contribution in [2.75, 3.05) is 5.32 Å². The standard InChI is InChI=1S/C11H12N2S/c1-8-5-3-4-6-10(8)13-11-12-9(2)7-14-11/h3-7H,1-2H3,(H,12,13). The minimum atomic E-state index is 0.955. The van der Waals surface area contributed by atoms with E-state index in [9.17, 15) is 0 Å². The van der Waals surface area contributed by atoms with Gasteiger partial charge >= 0.3 is 0 Å². The van der Waals surface area contributed by atoms with Crippen LogP contribution in [-0.4, -0.2) is 4.98 Å². The molecular weight excluding hydrogens is 192 g/mol. The summed E-state index contributed by atoms with van der Waals surface area (Å²) in [6.07, 6.45) is 0. The van der Waals surface area contributed by atoms with Crippen molar-refractivity contribution in [3.8, 4) is 0 Å². The number of benzene rings is 1. The molecule has 72 valence electrons. The third-order valence-electron chi connectivity index (χ3n) is 2.01. The number of hydrogen-bond donors (Lipinski definition) is 1. The van der Waals surface area contributed by atoms with Crippen molar-refractivity contribution in [2.24, 2.45) is 0 Å². The van der Waals surface area contributed by atoms with Crippen LogP contribution in [0.2, 0.25) is 0 Å². The molecule has 2 aromatic rings. The van der Waals surface area contributed by atoms with Crippen LogP contribution in [0.3, 0.4) is 0 Å². The first kappa shape index (κ1) is 9.21.